The number of hydrogen-bond donors (Lipinski definition) is 1. The third-order valence-electron chi connectivity index (χ3n) is 6.67. The molecule has 172 valence electrons. The number of pyridine rings is 2. The molecule has 0 spiro atoms. The van der Waals surface area contributed by atoms with E-state index in [1.54, 1.807) is 4.90 Å². The van der Waals surface area contributed by atoms with Gasteiger partial charge in [0.05, 0.1) is 17.8 Å². The lowest BCUT2D eigenvalue weighted by Crippen LogP contribution is -2.28. The molecule has 0 bridgehead atoms. The standard InChI is InChI=1S/C24H30N8O/c1-5-30-16(3)28-29-23(30)19-9-6-10-21(26-19)32-14-18-17(24(32)33)12-22(27-20(18)13-25-4)31-11-7-8-15(31)2/h6,9-10,12,15,25H,5,7-8,11,13-14H2,1-4H3. The molecule has 0 aliphatic carbocycles. The van der Waals surface area contributed by atoms with Crippen LogP contribution >= 0.6 is 0 Å². The molecule has 9 nitrogen and oxygen atoms in total. The highest BCUT2D eigenvalue weighted by Crippen LogP contribution is 2.34. The summed E-state index contributed by atoms with van der Waals surface area (Å²) in [4.78, 5) is 27.4. The largest absolute Gasteiger partial charge is 0.354 e. The second-order valence-corrected chi connectivity index (χ2v) is 8.76. The van der Waals surface area contributed by atoms with Crippen LogP contribution in [0.2, 0.25) is 0 Å². The van der Waals surface area contributed by atoms with E-state index in [1.807, 2.05) is 42.8 Å². The highest BCUT2D eigenvalue weighted by molar-refractivity contribution is 6.10. The third-order valence-corrected chi connectivity index (χ3v) is 6.67. The van der Waals surface area contributed by atoms with Gasteiger partial charge in [0.1, 0.15) is 23.2 Å². The highest BCUT2D eigenvalue weighted by Gasteiger charge is 2.34. The van der Waals surface area contributed by atoms with E-state index in [1.165, 1.54) is 0 Å². The fraction of sp³-hybridized carbons (Fsp3) is 0.458. The molecule has 1 fully saturated rings. The summed E-state index contributed by atoms with van der Waals surface area (Å²) in [5, 5.41) is 11.7. The number of rotatable bonds is 6. The first-order valence-electron chi connectivity index (χ1n) is 11.6. The molecular weight excluding hydrogens is 416 g/mol. The quantitative estimate of drug-likeness (QED) is 0.622. The minimum Gasteiger partial charge on any atom is -0.354 e. The van der Waals surface area contributed by atoms with E-state index in [4.69, 9.17) is 9.97 Å². The fourth-order valence-corrected chi connectivity index (χ4v) is 4.92. The van der Waals surface area contributed by atoms with Crippen molar-refractivity contribution >= 4 is 17.5 Å². The van der Waals surface area contributed by atoms with Crippen molar-refractivity contribution in [2.24, 2.45) is 0 Å². The number of nitrogens with zero attached hydrogens (tertiary/aromatic N) is 7. The lowest BCUT2D eigenvalue weighted by atomic mass is 10.1. The Labute approximate surface area is 193 Å². The van der Waals surface area contributed by atoms with Crippen LogP contribution in [0.25, 0.3) is 11.5 Å². The predicted octanol–water partition coefficient (Wildman–Crippen LogP) is 2.93. The Bertz CT molecular complexity index is 1200. The summed E-state index contributed by atoms with van der Waals surface area (Å²) >= 11 is 0. The zero-order chi connectivity index (χ0) is 23.1. The lowest BCUT2D eigenvalue weighted by molar-refractivity contribution is 0.0996. The molecule has 1 unspecified atom stereocenters. The van der Waals surface area contributed by atoms with Crippen LogP contribution in [-0.2, 0) is 19.6 Å². The minimum absolute atomic E-state index is 0.0318. The first-order chi connectivity index (χ1) is 16.0. The van der Waals surface area contributed by atoms with Crippen LogP contribution < -0.4 is 15.1 Å². The van der Waals surface area contributed by atoms with E-state index < -0.39 is 0 Å². The van der Waals surface area contributed by atoms with Crippen LogP contribution in [0.1, 0.15) is 54.1 Å². The van der Waals surface area contributed by atoms with Crippen molar-refractivity contribution in [1.29, 1.82) is 0 Å². The van der Waals surface area contributed by atoms with Crippen molar-refractivity contribution in [1.82, 2.24) is 30.0 Å². The summed E-state index contributed by atoms with van der Waals surface area (Å²) in [7, 11) is 1.91. The van der Waals surface area contributed by atoms with E-state index in [0.29, 0.717) is 36.5 Å². The number of nitrogens with one attached hydrogen (secondary N) is 1. The Kier molecular flexibility index (Phi) is 5.57. The Morgan fingerprint density at radius 2 is 2.03 bits per heavy atom. The maximum absolute atomic E-state index is 13.6. The van der Waals surface area contributed by atoms with Crippen LogP contribution in [-0.4, -0.2) is 50.3 Å². The van der Waals surface area contributed by atoms with Gasteiger partial charge in [-0.25, -0.2) is 9.97 Å². The lowest BCUT2D eigenvalue weighted by Gasteiger charge is -2.24. The molecule has 0 saturated carbocycles. The number of amides is 1. The van der Waals surface area contributed by atoms with Gasteiger partial charge in [0, 0.05) is 31.2 Å². The van der Waals surface area contributed by atoms with Gasteiger partial charge in [0.15, 0.2) is 5.82 Å². The van der Waals surface area contributed by atoms with Crippen molar-refractivity contribution in [3.05, 3.63) is 46.9 Å². The van der Waals surface area contributed by atoms with E-state index in [2.05, 4.69) is 34.3 Å². The molecule has 2 aliphatic rings. The summed E-state index contributed by atoms with van der Waals surface area (Å²) in [6, 6.07) is 8.11. The summed E-state index contributed by atoms with van der Waals surface area (Å²) in [5.41, 5.74) is 3.34. The van der Waals surface area contributed by atoms with Crippen LogP contribution in [0.15, 0.2) is 24.3 Å². The second kappa shape index (κ2) is 8.55. The molecule has 1 N–H and O–H groups in total. The highest BCUT2D eigenvalue weighted by atomic mass is 16.2. The summed E-state index contributed by atoms with van der Waals surface area (Å²) < 4.78 is 2.02. The molecule has 3 aromatic rings. The molecule has 0 radical (unpaired) electrons. The molecule has 1 atom stereocenters. The van der Waals surface area contributed by atoms with Crippen molar-refractivity contribution in [3.8, 4) is 11.5 Å². The van der Waals surface area contributed by atoms with Gasteiger partial charge in [-0.05, 0) is 58.9 Å². The molecule has 9 heteroatoms. The number of anilines is 2. The first kappa shape index (κ1) is 21.5. The van der Waals surface area contributed by atoms with Gasteiger partial charge >= 0.3 is 0 Å². The van der Waals surface area contributed by atoms with Gasteiger partial charge in [-0.3, -0.25) is 9.69 Å². The van der Waals surface area contributed by atoms with E-state index >= 15 is 0 Å². The summed E-state index contributed by atoms with van der Waals surface area (Å²) in [5.74, 6) is 3.03. The van der Waals surface area contributed by atoms with Gasteiger partial charge in [0.25, 0.3) is 5.91 Å². The molecule has 5 heterocycles. The Hall–Kier alpha value is -3.33. The number of fused-ring (bicyclic) bond motifs is 1. The van der Waals surface area contributed by atoms with Crippen molar-refractivity contribution in [3.63, 3.8) is 0 Å². The SMILES string of the molecule is CCn1c(C)nnc1-c1cccc(N2Cc3c(cc(N4CCCC4C)nc3CNC)C2=O)n1. The van der Waals surface area contributed by atoms with Gasteiger partial charge < -0.3 is 14.8 Å². The van der Waals surface area contributed by atoms with Crippen LogP contribution in [0.5, 0.6) is 0 Å². The average molecular weight is 447 g/mol. The number of carbonyl (C=O) groups is 1. The normalized spacial score (nSPS) is 17.8. The maximum atomic E-state index is 13.6. The Morgan fingerprint density at radius 1 is 1.18 bits per heavy atom. The van der Waals surface area contributed by atoms with E-state index in [-0.39, 0.29) is 5.91 Å². The van der Waals surface area contributed by atoms with Crippen LogP contribution in [0.3, 0.4) is 0 Å². The topological polar surface area (TPSA) is 92.1 Å². The average Bonchev–Trinajstić information content (AvgIpc) is 3.51. The number of carbonyl (C=O) groups excluding carboxylic acids is 1. The monoisotopic (exact) mass is 446 g/mol. The van der Waals surface area contributed by atoms with Gasteiger partial charge in [-0.15, -0.1) is 10.2 Å². The number of hydrogen-bond acceptors (Lipinski definition) is 7. The molecule has 33 heavy (non-hydrogen) atoms. The van der Waals surface area contributed by atoms with Crippen molar-refractivity contribution < 1.29 is 4.79 Å². The van der Waals surface area contributed by atoms with Gasteiger partial charge in [-0.1, -0.05) is 6.07 Å². The number of aromatic nitrogens is 5. The third kappa shape index (κ3) is 3.66. The molecule has 5 rings (SSSR count). The minimum atomic E-state index is -0.0318. The zero-order valence-corrected chi connectivity index (χ0v) is 19.7. The molecular formula is C24H30N8O. The van der Waals surface area contributed by atoms with E-state index in [0.717, 1.165) is 54.4 Å². The second-order valence-electron chi connectivity index (χ2n) is 8.76. The van der Waals surface area contributed by atoms with Crippen molar-refractivity contribution in [2.75, 3.05) is 23.4 Å². The smallest absolute Gasteiger partial charge is 0.260 e. The fourth-order valence-electron chi connectivity index (χ4n) is 4.92. The molecule has 1 saturated heterocycles. The van der Waals surface area contributed by atoms with Crippen LogP contribution in [0, 0.1) is 6.92 Å². The van der Waals surface area contributed by atoms with Crippen LogP contribution in [0.4, 0.5) is 11.6 Å². The van der Waals surface area contributed by atoms with Crippen molar-refractivity contribution in [2.45, 2.75) is 59.3 Å². The molecule has 3 aromatic heterocycles. The summed E-state index contributed by atoms with van der Waals surface area (Å²) in [6.07, 6.45) is 2.30. The predicted molar refractivity (Wildman–Crippen MR) is 127 cm³/mol. The first-order valence-corrected chi connectivity index (χ1v) is 11.6. The molecule has 0 aromatic carbocycles. The zero-order valence-electron chi connectivity index (χ0n) is 19.7. The Balaban J connectivity index is 1.52. The molecule has 1 amide bonds. The maximum Gasteiger partial charge on any atom is 0.260 e. The van der Waals surface area contributed by atoms with E-state index in [9.17, 15) is 4.79 Å². The number of aryl methyl sites for hydroxylation is 1. The van der Waals surface area contributed by atoms with Gasteiger partial charge in [-0.2, -0.15) is 0 Å². The summed E-state index contributed by atoms with van der Waals surface area (Å²) in [6.45, 7) is 9.02. The molecule has 2 aliphatic heterocycles. The van der Waals surface area contributed by atoms with Gasteiger partial charge in [0.2, 0.25) is 0 Å². The Morgan fingerprint density at radius 3 is 2.76 bits per heavy atom.